The van der Waals surface area contributed by atoms with Crippen molar-refractivity contribution in [1.82, 2.24) is 31.9 Å². The Kier molecular flexibility index (Phi) is 26.1. The second-order valence-corrected chi connectivity index (χ2v) is 22.9. The maximum Gasteiger partial charge on any atom is 0.364 e. The van der Waals surface area contributed by atoms with Crippen molar-refractivity contribution < 1.29 is 128 Å². The maximum absolute atomic E-state index is 13.2. The summed E-state index contributed by atoms with van der Waals surface area (Å²) >= 11 is 1.83. The van der Waals surface area contributed by atoms with Crippen molar-refractivity contribution in [3.63, 3.8) is 0 Å². The lowest BCUT2D eigenvalue weighted by Gasteiger charge is -2.51. The average molecular weight is 1220 g/mol. The molecule has 0 aromatic carbocycles. The van der Waals surface area contributed by atoms with Crippen LogP contribution in [0.15, 0.2) is 0 Å². The van der Waals surface area contributed by atoms with Crippen LogP contribution in [0.5, 0.6) is 0 Å². The average Bonchev–Trinajstić information content (AvgIpc) is 2.87. The number of fused-ring (bicyclic) bond motifs is 1. The van der Waals surface area contributed by atoms with Gasteiger partial charge in [-0.15, -0.1) is 0 Å². The first-order chi connectivity index (χ1) is 39.4. The summed E-state index contributed by atoms with van der Waals surface area (Å²) in [6.07, 6.45) is -30.2. The lowest BCUT2D eigenvalue weighted by molar-refractivity contribution is -0.390. The van der Waals surface area contributed by atoms with Crippen molar-refractivity contribution >= 4 is 47.4 Å². The normalized spacial score (nSPS) is 38.7. The Morgan fingerprint density at radius 2 is 1.33 bits per heavy atom. The minimum Gasteiger partial charge on any atom is -0.477 e. The van der Waals surface area contributed by atoms with Crippen molar-refractivity contribution in [2.24, 2.45) is 0 Å². The highest BCUT2D eigenvalue weighted by Crippen LogP contribution is 2.40. The number of ether oxygens (including phenoxy) is 8. The Morgan fingerprint density at radius 1 is 0.711 bits per heavy atom. The number of nitrogens with one attached hydrogen (secondary N) is 6. The van der Waals surface area contributed by atoms with Gasteiger partial charge in [0.05, 0.1) is 56.8 Å². The second kappa shape index (κ2) is 31.7. The lowest BCUT2D eigenvalue weighted by Crippen LogP contribution is -2.71. The number of aliphatic carboxylic acids is 1. The van der Waals surface area contributed by atoms with Crippen LogP contribution >= 0.6 is 11.8 Å². The zero-order chi connectivity index (χ0) is 60.9. The smallest absolute Gasteiger partial charge is 0.364 e. The van der Waals surface area contributed by atoms with E-state index in [0.29, 0.717) is 37.5 Å². The summed E-state index contributed by atoms with van der Waals surface area (Å²) in [6.45, 7) is 0.702. The number of carboxylic acid groups (broad SMARTS) is 1. The van der Waals surface area contributed by atoms with Gasteiger partial charge in [-0.1, -0.05) is 12.8 Å². The third-order valence-electron chi connectivity index (χ3n) is 15.3. The van der Waals surface area contributed by atoms with Crippen molar-refractivity contribution in [2.75, 3.05) is 45.3 Å². The summed E-state index contributed by atoms with van der Waals surface area (Å²) in [6, 6.07) is -3.06. The van der Waals surface area contributed by atoms with E-state index in [-0.39, 0.29) is 55.9 Å². The number of amides is 6. The summed E-state index contributed by atoms with van der Waals surface area (Å²) in [5.74, 6) is -6.20. The summed E-state index contributed by atoms with van der Waals surface area (Å²) < 4.78 is 47.6. The number of rotatable bonds is 30. The molecule has 0 aliphatic carbocycles. The Balaban J connectivity index is 1.09. The number of unbranched alkanes of at least 4 members (excludes halogenated alkanes) is 3. The van der Waals surface area contributed by atoms with Gasteiger partial charge in [-0.2, -0.15) is 11.8 Å². The van der Waals surface area contributed by atoms with Crippen molar-refractivity contribution in [3.8, 4) is 0 Å². The van der Waals surface area contributed by atoms with Gasteiger partial charge >= 0.3 is 12.0 Å². The highest BCUT2D eigenvalue weighted by atomic mass is 32.2. The quantitative estimate of drug-likeness (QED) is 0.0235. The van der Waals surface area contributed by atoms with Crippen molar-refractivity contribution in [3.05, 3.63) is 0 Å². The van der Waals surface area contributed by atoms with Gasteiger partial charge in [-0.05, 0) is 39.0 Å². The Morgan fingerprint density at radius 3 is 1.96 bits per heavy atom. The molecule has 0 aromatic heterocycles. The third-order valence-corrected chi connectivity index (χ3v) is 16.8. The molecule has 83 heavy (non-hydrogen) atoms. The number of aliphatic hydroxyl groups is 11. The molecule has 0 radical (unpaired) electrons. The van der Waals surface area contributed by atoms with E-state index in [4.69, 9.17) is 37.9 Å². The van der Waals surface area contributed by atoms with Crippen LogP contribution in [0.1, 0.15) is 85.0 Å². The molecular formula is C50H84N6O26S. The van der Waals surface area contributed by atoms with Gasteiger partial charge in [0.25, 0.3) is 5.79 Å². The molecule has 6 heterocycles. The molecule has 6 rings (SSSR count). The van der Waals surface area contributed by atoms with E-state index in [2.05, 4.69) is 31.9 Å². The fourth-order valence-corrected chi connectivity index (χ4v) is 12.4. The van der Waals surface area contributed by atoms with E-state index in [1.165, 1.54) is 6.92 Å². The van der Waals surface area contributed by atoms with Crippen LogP contribution in [-0.2, 0) is 61.9 Å². The molecule has 18 N–H and O–H groups in total. The molecule has 6 aliphatic rings. The first kappa shape index (κ1) is 68.3. The highest BCUT2D eigenvalue weighted by molar-refractivity contribution is 8.00. The van der Waals surface area contributed by atoms with Crippen LogP contribution in [0.4, 0.5) is 4.79 Å². The number of urea groups is 1. The summed E-state index contributed by atoms with van der Waals surface area (Å²) in [7, 11) is 0. The van der Waals surface area contributed by atoms with Crippen LogP contribution in [0, 0.1) is 0 Å². The second-order valence-electron chi connectivity index (χ2n) is 21.6. The highest BCUT2D eigenvalue weighted by Gasteiger charge is 2.61. The molecule has 33 heteroatoms. The Bertz CT molecular complexity index is 2130. The van der Waals surface area contributed by atoms with Gasteiger partial charge in [0.1, 0.15) is 85.4 Å². The Labute approximate surface area is 481 Å². The molecule has 0 aromatic rings. The zero-order valence-corrected chi connectivity index (χ0v) is 47.1. The summed E-state index contributed by atoms with van der Waals surface area (Å²) in [5.41, 5.74) is 0. The molecule has 32 nitrogen and oxygen atoms in total. The minimum absolute atomic E-state index is 0.0507. The van der Waals surface area contributed by atoms with E-state index in [1.807, 2.05) is 11.8 Å². The van der Waals surface area contributed by atoms with E-state index in [0.717, 1.165) is 38.9 Å². The first-order valence-electron chi connectivity index (χ1n) is 27.9. The largest absolute Gasteiger partial charge is 0.477 e. The van der Waals surface area contributed by atoms with Gasteiger partial charge in [-0.3, -0.25) is 19.2 Å². The number of hydrogen-bond acceptors (Lipinski definition) is 26. The monoisotopic (exact) mass is 1220 g/mol. The van der Waals surface area contributed by atoms with E-state index in [9.17, 15) is 90.0 Å². The standard InChI is InChI=1S/C50H84N6O26S/c1-21-35(66)38(69)39(70)46(76-21)79-41-28(19-59)78-45(75-15-9-14-52-30(64)11-5-4-8-13-51-31(65)12-7-6-10-29-32-24(20-83-29)55-49(74)56-32)34(54-23(3)61)43(41)80-47-40(71)44(37(68)27(18-58)77-47)82-50(48(72)73)16-25(62)33(53-22(2)60)42(81-50)36(67)26(63)17-57/h21,24-29,32-47,57-59,62-63,66-71H,4-20H2,1-3H3,(H,51,65)(H,52,64)(H,53,60)(H,54,61)(H,72,73)(H2,55,56,74)/t21-,24-,25-,26+,27+,28+,29-,32-,33+,34+,35+,36+,37-,38+,39-,40+,41+,42+,43+,44-,45+,46-,47+,50-/m0/s1. The number of hydrogen-bond donors (Lipinski definition) is 18. The van der Waals surface area contributed by atoms with Crippen LogP contribution < -0.4 is 31.9 Å². The molecule has 0 bridgehead atoms. The molecule has 0 saturated carbocycles. The van der Waals surface area contributed by atoms with E-state index < -0.39 is 172 Å². The Hall–Kier alpha value is -3.79. The van der Waals surface area contributed by atoms with Gasteiger partial charge in [0.2, 0.25) is 23.6 Å². The summed E-state index contributed by atoms with van der Waals surface area (Å²) in [5, 5.41) is 146. The minimum atomic E-state index is -3.17. The van der Waals surface area contributed by atoms with Crippen LogP contribution in [0.25, 0.3) is 0 Å². The van der Waals surface area contributed by atoms with Gasteiger partial charge in [0, 0.05) is 57.2 Å². The molecule has 6 saturated heterocycles. The first-order valence-corrected chi connectivity index (χ1v) is 29.0. The van der Waals surface area contributed by atoms with Crippen molar-refractivity contribution in [2.45, 2.75) is 231 Å². The topological polar surface area (TPSA) is 491 Å². The number of thioether (sulfide) groups is 1. The van der Waals surface area contributed by atoms with E-state index >= 15 is 0 Å². The molecular weight excluding hydrogens is 1130 g/mol. The summed E-state index contributed by atoms with van der Waals surface area (Å²) in [4.78, 5) is 75.1. The zero-order valence-electron chi connectivity index (χ0n) is 46.3. The predicted molar refractivity (Wildman–Crippen MR) is 280 cm³/mol. The molecule has 6 fully saturated rings. The SMILES string of the molecule is CC(=O)N[C@H]1[C@H](OCCCNC(=O)CCCCCNC(=O)CCCC[C@@H]2SC[C@@H]3NC(=O)N[C@@H]32)O[C@H](CO)[C@@H](O[C@@H]2O[C@@H](C)[C@@H](O)[C@@H](O)[C@@H]2O)[C@@H]1O[C@H]1O[C@H](CO)[C@H](O)[C@H](O[C@]2(C(=O)O)C[C@H](O)[C@@H](NC(C)=O)[C@H]([C@H](O)[C@H](O)CO)O2)[C@H]1O. The molecule has 0 spiro atoms. The van der Waals surface area contributed by atoms with Crippen molar-refractivity contribution in [1.29, 1.82) is 0 Å². The van der Waals surface area contributed by atoms with Gasteiger partial charge in [-0.25, -0.2) is 9.59 Å². The predicted octanol–water partition coefficient (Wildman–Crippen LogP) is -7.29. The van der Waals surface area contributed by atoms with E-state index in [1.54, 1.807) is 0 Å². The lowest BCUT2D eigenvalue weighted by atomic mass is 9.88. The van der Waals surface area contributed by atoms with Gasteiger partial charge < -0.3 is 131 Å². The number of carbonyl (C=O) groups is 6. The molecule has 476 valence electrons. The molecule has 6 amide bonds. The number of carboxylic acids is 1. The van der Waals surface area contributed by atoms with Gasteiger partial charge in [0.15, 0.2) is 18.9 Å². The molecule has 24 atom stereocenters. The molecule has 6 aliphatic heterocycles. The molecule has 0 unspecified atom stereocenters. The van der Waals surface area contributed by atoms with Crippen LogP contribution in [0.3, 0.4) is 0 Å². The third kappa shape index (κ3) is 17.7. The fourth-order valence-electron chi connectivity index (χ4n) is 10.9. The number of aliphatic hydroxyl groups excluding tert-OH is 11. The van der Waals surface area contributed by atoms with Crippen LogP contribution in [0.2, 0.25) is 0 Å². The fraction of sp³-hybridized carbons (Fsp3) is 0.880. The number of carbonyl (C=O) groups excluding carboxylic acids is 5. The van der Waals surface area contributed by atoms with Crippen LogP contribution in [-0.4, -0.2) is 288 Å². The maximum atomic E-state index is 13.2.